The van der Waals surface area contributed by atoms with Crippen molar-refractivity contribution >= 4 is 34.3 Å². The van der Waals surface area contributed by atoms with E-state index in [-0.39, 0.29) is 17.9 Å². The van der Waals surface area contributed by atoms with E-state index in [1.165, 1.54) is 6.07 Å². The summed E-state index contributed by atoms with van der Waals surface area (Å²) in [4.78, 5) is 11.6. The summed E-state index contributed by atoms with van der Waals surface area (Å²) in [7, 11) is 0. The molecule has 0 amide bonds. The number of hydrogen-bond donors (Lipinski definition) is 1. The van der Waals surface area contributed by atoms with Crippen molar-refractivity contribution in [3.8, 4) is 5.75 Å². The number of anilines is 2. The smallest absolute Gasteiger partial charge is 0.172 e. The number of nitrogens with zero attached hydrogens (tertiary/aromatic N) is 5. The number of rotatable bonds is 5. The van der Waals surface area contributed by atoms with Crippen LogP contribution in [0.1, 0.15) is 26.7 Å². The molecule has 3 aromatic rings. The summed E-state index contributed by atoms with van der Waals surface area (Å²) in [5.41, 5.74) is 1.40. The van der Waals surface area contributed by atoms with Crippen molar-refractivity contribution in [3.63, 3.8) is 0 Å². The average Bonchev–Trinajstić information content (AvgIpc) is 2.70. The van der Waals surface area contributed by atoms with Crippen molar-refractivity contribution in [2.75, 3.05) is 23.3 Å². The Balaban J connectivity index is 1.50. The molecule has 1 saturated heterocycles. The minimum atomic E-state index is -0.440. The first-order chi connectivity index (χ1) is 14.0. The maximum Gasteiger partial charge on any atom is 0.172 e. The number of piperidine rings is 1. The molecular weight excluding hydrogens is 395 g/mol. The molecule has 0 aliphatic carbocycles. The summed E-state index contributed by atoms with van der Waals surface area (Å²) in [6.45, 7) is 5.57. The molecule has 0 unspecified atom stereocenters. The third-order valence-corrected chi connectivity index (χ3v) is 4.95. The van der Waals surface area contributed by atoms with Gasteiger partial charge in [-0.2, -0.15) is 10.2 Å². The summed E-state index contributed by atoms with van der Waals surface area (Å²) < 4.78 is 19.9. The lowest BCUT2D eigenvalue weighted by molar-refractivity contribution is 0.163. The first-order valence-electron chi connectivity index (χ1n) is 9.61. The van der Waals surface area contributed by atoms with Gasteiger partial charge in [0.2, 0.25) is 0 Å². The molecule has 0 saturated carbocycles. The minimum Gasteiger partial charge on any atom is -0.487 e. The quantitative estimate of drug-likeness (QED) is 0.671. The molecule has 1 fully saturated rings. The average molecular weight is 417 g/mol. The van der Waals surface area contributed by atoms with Gasteiger partial charge in [0.15, 0.2) is 23.2 Å². The fourth-order valence-electron chi connectivity index (χ4n) is 3.34. The number of hydrogen-bond acceptors (Lipinski definition) is 7. The third kappa shape index (κ3) is 4.48. The summed E-state index contributed by atoms with van der Waals surface area (Å²) in [5.74, 6) is 1.31. The van der Waals surface area contributed by atoms with Crippen LogP contribution in [0.3, 0.4) is 0 Å². The van der Waals surface area contributed by atoms with Crippen LogP contribution in [0.5, 0.6) is 5.75 Å². The van der Waals surface area contributed by atoms with Crippen molar-refractivity contribution in [3.05, 3.63) is 41.4 Å². The highest BCUT2D eigenvalue weighted by atomic mass is 35.5. The lowest BCUT2D eigenvalue weighted by atomic mass is 10.1. The monoisotopic (exact) mass is 416 g/mol. The Kier molecular flexibility index (Phi) is 5.62. The van der Waals surface area contributed by atoms with Crippen molar-refractivity contribution in [2.24, 2.45) is 0 Å². The number of ether oxygens (including phenoxy) is 1. The molecule has 1 aliphatic heterocycles. The fourth-order valence-corrected chi connectivity index (χ4v) is 3.50. The second-order valence-electron chi connectivity index (χ2n) is 7.33. The molecule has 1 N–H and O–H groups in total. The van der Waals surface area contributed by atoms with Crippen molar-refractivity contribution in [1.82, 2.24) is 20.2 Å². The van der Waals surface area contributed by atoms with Crippen molar-refractivity contribution in [2.45, 2.75) is 38.8 Å². The highest BCUT2D eigenvalue weighted by Crippen LogP contribution is 2.30. The molecule has 9 heteroatoms. The molecule has 0 spiro atoms. The predicted octanol–water partition coefficient (Wildman–Crippen LogP) is 4.08. The van der Waals surface area contributed by atoms with E-state index in [9.17, 15) is 4.39 Å². The normalized spacial score (nSPS) is 15.1. The van der Waals surface area contributed by atoms with E-state index in [0.717, 1.165) is 37.6 Å². The van der Waals surface area contributed by atoms with Gasteiger partial charge in [-0.15, -0.1) is 0 Å². The van der Waals surface area contributed by atoms with Gasteiger partial charge < -0.3 is 15.0 Å². The summed E-state index contributed by atoms with van der Waals surface area (Å²) >= 11 is 5.81. The van der Waals surface area contributed by atoms with Gasteiger partial charge in [0.1, 0.15) is 17.1 Å². The van der Waals surface area contributed by atoms with E-state index < -0.39 is 5.82 Å². The Morgan fingerprint density at radius 2 is 1.83 bits per heavy atom. The van der Waals surface area contributed by atoms with Gasteiger partial charge in [0.25, 0.3) is 0 Å². The topological polar surface area (TPSA) is 76.1 Å². The molecule has 0 atom stereocenters. The highest BCUT2D eigenvalue weighted by Gasteiger charge is 2.25. The molecule has 152 valence electrons. The standard InChI is InChI=1S/C20H22ClFN6O/c1-12(2)25-19-20(27-17-11-24-23-10-16(17)26-19)28-7-5-14(6-8-28)29-18-4-3-13(21)9-15(18)22/h3-4,9-12,14H,5-8H2,1-2H3,(H,25,26). The van der Waals surface area contributed by atoms with Crippen LogP contribution in [0.4, 0.5) is 16.0 Å². The van der Waals surface area contributed by atoms with E-state index in [1.54, 1.807) is 24.5 Å². The van der Waals surface area contributed by atoms with E-state index in [2.05, 4.69) is 39.2 Å². The van der Waals surface area contributed by atoms with Crippen LogP contribution >= 0.6 is 11.6 Å². The summed E-state index contributed by atoms with van der Waals surface area (Å²) in [6.07, 6.45) is 4.65. The van der Waals surface area contributed by atoms with Crippen molar-refractivity contribution < 1.29 is 9.13 Å². The van der Waals surface area contributed by atoms with Gasteiger partial charge >= 0.3 is 0 Å². The molecule has 0 bridgehead atoms. The zero-order valence-electron chi connectivity index (χ0n) is 16.3. The van der Waals surface area contributed by atoms with E-state index >= 15 is 0 Å². The molecule has 29 heavy (non-hydrogen) atoms. The maximum atomic E-state index is 14.0. The minimum absolute atomic E-state index is 0.0669. The van der Waals surface area contributed by atoms with Crippen molar-refractivity contribution in [1.29, 1.82) is 0 Å². The van der Waals surface area contributed by atoms with Crippen LogP contribution in [0.25, 0.3) is 11.0 Å². The molecule has 0 radical (unpaired) electrons. The molecular formula is C20H22ClFN6O. The zero-order chi connectivity index (χ0) is 20.4. The van der Waals surface area contributed by atoms with E-state index in [4.69, 9.17) is 21.3 Å². The maximum absolute atomic E-state index is 14.0. The van der Waals surface area contributed by atoms with Crippen LogP contribution in [0.15, 0.2) is 30.6 Å². The molecule has 7 nitrogen and oxygen atoms in total. The molecule has 4 rings (SSSR count). The zero-order valence-corrected chi connectivity index (χ0v) is 17.0. The van der Waals surface area contributed by atoms with Crippen LogP contribution in [0.2, 0.25) is 5.02 Å². The third-order valence-electron chi connectivity index (χ3n) is 4.71. The summed E-state index contributed by atoms with van der Waals surface area (Å²) in [5, 5.41) is 11.5. The Morgan fingerprint density at radius 3 is 2.48 bits per heavy atom. The van der Waals surface area contributed by atoms with Gasteiger partial charge in [-0.1, -0.05) is 11.6 Å². The van der Waals surface area contributed by atoms with Crippen LogP contribution < -0.4 is 15.0 Å². The SMILES string of the molecule is CC(C)Nc1nc2cnncc2nc1N1CCC(Oc2ccc(Cl)cc2F)CC1. The second kappa shape index (κ2) is 8.32. The number of fused-ring (bicyclic) bond motifs is 1. The van der Waals surface area contributed by atoms with Crippen LogP contribution in [-0.2, 0) is 0 Å². The van der Waals surface area contributed by atoms with E-state index in [0.29, 0.717) is 16.1 Å². The fraction of sp³-hybridized carbons (Fsp3) is 0.400. The molecule has 3 heterocycles. The first-order valence-corrected chi connectivity index (χ1v) is 9.99. The first kappa shape index (κ1) is 19.6. The van der Waals surface area contributed by atoms with Crippen LogP contribution in [0, 0.1) is 5.82 Å². The Morgan fingerprint density at radius 1 is 1.14 bits per heavy atom. The number of nitrogens with one attached hydrogen (secondary N) is 1. The van der Waals surface area contributed by atoms with Gasteiger partial charge in [-0.05, 0) is 32.0 Å². The molecule has 1 aliphatic rings. The Bertz CT molecular complexity index is 1010. The van der Waals surface area contributed by atoms with Gasteiger partial charge in [-0.3, -0.25) is 0 Å². The number of aromatic nitrogens is 4. The highest BCUT2D eigenvalue weighted by molar-refractivity contribution is 6.30. The van der Waals surface area contributed by atoms with Gasteiger partial charge in [0, 0.05) is 37.0 Å². The second-order valence-corrected chi connectivity index (χ2v) is 7.77. The number of benzene rings is 1. The predicted molar refractivity (Wildman–Crippen MR) is 111 cm³/mol. The molecule has 2 aromatic heterocycles. The lowest BCUT2D eigenvalue weighted by Gasteiger charge is -2.34. The Hall–Kier alpha value is -2.74. The Labute approximate surface area is 173 Å². The van der Waals surface area contributed by atoms with Gasteiger partial charge in [-0.25, -0.2) is 14.4 Å². The summed E-state index contributed by atoms with van der Waals surface area (Å²) in [6, 6.07) is 4.68. The van der Waals surface area contributed by atoms with Gasteiger partial charge in [0.05, 0.1) is 12.4 Å². The van der Waals surface area contributed by atoms with Crippen LogP contribution in [-0.4, -0.2) is 45.4 Å². The number of halogens is 2. The lowest BCUT2D eigenvalue weighted by Crippen LogP contribution is -2.39. The largest absolute Gasteiger partial charge is 0.487 e. The molecule has 1 aromatic carbocycles. The van der Waals surface area contributed by atoms with E-state index in [1.807, 2.05) is 0 Å².